The molecule has 0 saturated carbocycles. The van der Waals surface area contributed by atoms with Crippen molar-refractivity contribution in [1.29, 1.82) is 0 Å². The Labute approximate surface area is 175 Å². The molecular weight excluding hydrogens is 378 g/mol. The molecule has 6 nitrogen and oxygen atoms in total. The van der Waals surface area contributed by atoms with Crippen molar-refractivity contribution in [3.05, 3.63) is 82.8 Å². The second kappa shape index (κ2) is 8.98. The summed E-state index contributed by atoms with van der Waals surface area (Å²) < 4.78 is 12.8. The zero-order chi connectivity index (χ0) is 21.7. The Kier molecular flexibility index (Phi) is 6.20. The average Bonchev–Trinajstić information content (AvgIpc) is 3.06. The number of carbonyl (C=O) groups excluding carboxylic acids is 1. The number of nitrogens with zero attached hydrogens (tertiary/aromatic N) is 3. The highest BCUT2D eigenvalue weighted by molar-refractivity contribution is 6.01. The predicted molar refractivity (Wildman–Crippen MR) is 115 cm³/mol. The fourth-order valence-corrected chi connectivity index (χ4v) is 3.40. The van der Waals surface area contributed by atoms with Gasteiger partial charge >= 0.3 is 5.97 Å². The van der Waals surface area contributed by atoms with Gasteiger partial charge in [0.1, 0.15) is 17.2 Å². The highest BCUT2D eigenvalue weighted by Crippen LogP contribution is 2.40. The Balaban J connectivity index is 2.02. The van der Waals surface area contributed by atoms with E-state index in [-0.39, 0.29) is 6.61 Å². The highest BCUT2D eigenvalue weighted by Gasteiger charge is 2.26. The van der Waals surface area contributed by atoms with Gasteiger partial charge in [-0.15, -0.1) is 0 Å². The lowest BCUT2D eigenvalue weighted by atomic mass is 10.0. The van der Waals surface area contributed by atoms with Gasteiger partial charge in [-0.05, 0) is 43.2 Å². The lowest BCUT2D eigenvalue weighted by molar-refractivity contribution is 0.0516. The van der Waals surface area contributed by atoms with Gasteiger partial charge in [0.25, 0.3) is 0 Å². The van der Waals surface area contributed by atoms with Gasteiger partial charge < -0.3 is 14.0 Å². The number of hydrogen-bond acceptors (Lipinski definition) is 3. The molecule has 0 aliphatic carbocycles. The van der Waals surface area contributed by atoms with Gasteiger partial charge in [-0.25, -0.2) is 14.5 Å². The van der Waals surface area contributed by atoms with Gasteiger partial charge in [0.05, 0.1) is 19.8 Å². The summed E-state index contributed by atoms with van der Waals surface area (Å²) in [5.74, 6) is 0.712. The summed E-state index contributed by atoms with van der Waals surface area (Å²) >= 11 is 0. The lowest BCUT2D eigenvalue weighted by Gasteiger charge is -2.10. The van der Waals surface area contributed by atoms with Gasteiger partial charge in [-0.2, -0.15) is 0 Å². The molecule has 0 atom stereocenters. The highest BCUT2D eigenvalue weighted by atomic mass is 16.5. The van der Waals surface area contributed by atoms with Crippen molar-refractivity contribution in [3.8, 4) is 22.6 Å². The van der Waals surface area contributed by atoms with Crippen molar-refractivity contribution >= 4 is 17.3 Å². The van der Waals surface area contributed by atoms with E-state index < -0.39 is 5.97 Å². The quantitative estimate of drug-likeness (QED) is 0.360. The maximum absolute atomic E-state index is 12.6. The molecule has 0 amide bonds. The van der Waals surface area contributed by atoms with Crippen LogP contribution >= 0.6 is 0 Å². The van der Waals surface area contributed by atoms with E-state index in [2.05, 4.69) is 9.69 Å². The molecule has 1 heterocycles. The van der Waals surface area contributed by atoms with Crippen molar-refractivity contribution in [1.82, 2.24) is 4.57 Å². The molecule has 6 heteroatoms. The number of aromatic nitrogens is 1. The summed E-state index contributed by atoms with van der Waals surface area (Å²) in [5, 5.41) is 0. The summed E-state index contributed by atoms with van der Waals surface area (Å²) in [4.78, 5) is 19.7. The molecule has 0 fully saturated rings. The minimum atomic E-state index is -0.448. The monoisotopic (exact) mass is 399 g/mol. The third-order valence-corrected chi connectivity index (χ3v) is 4.73. The Morgan fingerprint density at radius 3 is 2.37 bits per heavy atom. The first-order valence-corrected chi connectivity index (χ1v) is 9.55. The van der Waals surface area contributed by atoms with Crippen LogP contribution in [0.1, 0.15) is 30.0 Å². The van der Waals surface area contributed by atoms with Crippen molar-refractivity contribution in [3.63, 3.8) is 0 Å². The normalized spacial score (nSPS) is 10.2. The maximum atomic E-state index is 12.6. The predicted octanol–water partition coefficient (Wildman–Crippen LogP) is 6.33. The third kappa shape index (κ3) is 3.90. The van der Waals surface area contributed by atoms with E-state index in [9.17, 15) is 4.79 Å². The molecular formula is C24H21N3O3. The third-order valence-electron chi connectivity index (χ3n) is 4.73. The molecule has 0 bridgehead atoms. The van der Waals surface area contributed by atoms with Crippen LogP contribution < -0.4 is 4.74 Å². The van der Waals surface area contributed by atoms with Crippen LogP contribution in [0, 0.1) is 13.1 Å². The second-order valence-corrected chi connectivity index (χ2v) is 6.50. The standard InChI is InChI=1S/C24H21N3O3/c1-6-20-22(26-4)21(23(27(20)5)24(28)29-7-2)16-11-13-18(14-12-16)30-19-10-8-9-17(15-19)25-3/h8-15H,6-7H2,1-2,5H3. The molecule has 1 aromatic heterocycles. The smallest absolute Gasteiger partial charge is 0.354 e. The first-order chi connectivity index (χ1) is 14.5. The second-order valence-electron chi connectivity index (χ2n) is 6.50. The van der Waals surface area contributed by atoms with Gasteiger partial charge in [0.2, 0.25) is 5.69 Å². The minimum absolute atomic E-state index is 0.259. The molecule has 0 unspecified atom stereocenters. The van der Waals surface area contributed by atoms with Crippen LogP contribution in [-0.2, 0) is 18.2 Å². The molecule has 0 aliphatic heterocycles. The summed E-state index contributed by atoms with van der Waals surface area (Å²) in [6, 6.07) is 14.1. The van der Waals surface area contributed by atoms with E-state index in [1.54, 1.807) is 54.9 Å². The number of hydrogen-bond donors (Lipinski definition) is 0. The number of ether oxygens (including phenoxy) is 2. The number of rotatable bonds is 6. The molecule has 0 aliphatic rings. The Bertz CT molecular complexity index is 1160. The Morgan fingerprint density at radius 2 is 1.77 bits per heavy atom. The fourth-order valence-electron chi connectivity index (χ4n) is 3.40. The van der Waals surface area contributed by atoms with Crippen molar-refractivity contribution in [2.45, 2.75) is 20.3 Å². The molecule has 0 radical (unpaired) electrons. The topological polar surface area (TPSA) is 49.2 Å². The summed E-state index contributed by atoms with van der Waals surface area (Å²) in [6.07, 6.45) is 0.624. The van der Waals surface area contributed by atoms with E-state index in [1.807, 2.05) is 19.1 Å². The molecule has 3 rings (SSSR count). The summed E-state index contributed by atoms with van der Waals surface area (Å²) in [5.41, 5.74) is 3.44. The molecule has 0 N–H and O–H groups in total. The molecule has 150 valence electrons. The fraction of sp³-hybridized carbons (Fsp3) is 0.208. The van der Waals surface area contributed by atoms with Crippen LogP contribution in [-0.4, -0.2) is 17.1 Å². The Morgan fingerprint density at radius 1 is 1.03 bits per heavy atom. The summed E-state index contributed by atoms with van der Waals surface area (Å²) in [7, 11) is 1.78. The molecule has 0 spiro atoms. The molecule has 2 aromatic carbocycles. The zero-order valence-corrected chi connectivity index (χ0v) is 17.1. The van der Waals surface area contributed by atoms with Crippen LogP contribution in [0.15, 0.2) is 48.5 Å². The minimum Gasteiger partial charge on any atom is -0.461 e. The van der Waals surface area contributed by atoms with E-state index in [1.165, 1.54) is 0 Å². The van der Waals surface area contributed by atoms with E-state index in [0.29, 0.717) is 40.6 Å². The van der Waals surface area contributed by atoms with E-state index in [4.69, 9.17) is 22.6 Å². The number of carbonyl (C=O) groups is 1. The van der Waals surface area contributed by atoms with Gasteiger partial charge in [0.15, 0.2) is 5.69 Å². The van der Waals surface area contributed by atoms with E-state index in [0.717, 1.165) is 11.3 Å². The zero-order valence-electron chi connectivity index (χ0n) is 17.1. The number of esters is 1. The molecule has 30 heavy (non-hydrogen) atoms. The largest absolute Gasteiger partial charge is 0.461 e. The van der Waals surface area contributed by atoms with Crippen molar-refractivity contribution < 1.29 is 14.3 Å². The Hall–Kier alpha value is -4.03. The van der Waals surface area contributed by atoms with Crippen LogP contribution in [0.5, 0.6) is 11.5 Å². The van der Waals surface area contributed by atoms with Crippen molar-refractivity contribution in [2.75, 3.05) is 6.61 Å². The first kappa shape index (κ1) is 20.7. The van der Waals surface area contributed by atoms with E-state index >= 15 is 0 Å². The van der Waals surface area contributed by atoms with Crippen LogP contribution in [0.2, 0.25) is 0 Å². The van der Waals surface area contributed by atoms with Crippen LogP contribution in [0.3, 0.4) is 0 Å². The van der Waals surface area contributed by atoms with Crippen LogP contribution in [0.4, 0.5) is 11.4 Å². The molecule has 0 saturated heterocycles. The average molecular weight is 399 g/mol. The van der Waals surface area contributed by atoms with Crippen molar-refractivity contribution in [2.24, 2.45) is 7.05 Å². The van der Waals surface area contributed by atoms with Crippen LogP contribution in [0.25, 0.3) is 20.8 Å². The summed E-state index contributed by atoms with van der Waals surface area (Å²) in [6.45, 7) is 18.7. The molecule has 3 aromatic rings. The van der Waals surface area contributed by atoms with Gasteiger partial charge in [0, 0.05) is 18.3 Å². The lowest BCUT2D eigenvalue weighted by Crippen LogP contribution is -2.12. The maximum Gasteiger partial charge on any atom is 0.354 e. The SMILES string of the molecule is [C-]#[N+]c1cccc(Oc2ccc(-c3c([N+]#[C-])c(CC)n(C)c3C(=O)OCC)cc2)c1. The van der Waals surface area contributed by atoms with Gasteiger partial charge in [-0.1, -0.05) is 31.2 Å². The first-order valence-electron chi connectivity index (χ1n) is 9.55. The van der Waals surface area contributed by atoms with Gasteiger partial charge in [-0.3, -0.25) is 0 Å². The number of benzene rings is 2.